The lowest BCUT2D eigenvalue weighted by Gasteiger charge is -2.23. The zero-order chi connectivity index (χ0) is 24.7. The number of aryl methyl sites for hydroxylation is 1. The fourth-order valence-corrected chi connectivity index (χ4v) is 3.74. The Morgan fingerprint density at radius 3 is 2.44 bits per heavy atom. The summed E-state index contributed by atoms with van der Waals surface area (Å²) in [5.74, 6) is 0.0936. The number of benzene rings is 2. The number of hydrogen-bond donors (Lipinski definition) is 0. The van der Waals surface area contributed by atoms with Gasteiger partial charge < -0.3 is 0 Å². The van der Waals surface area contributed by atoms with E-state index in [1.54, 1.807) is 0 Å². The molecule has 1 aromatic heterocycles. The van der Waals surface area contributed by atoms with Crippen molar-refractivity contribution in [3.63, 3.8) is 0 Å². The second-order valence-corrected chi connectivity index (χ2v) is 9.64. The lowest BCUT2D eigenvalue weighted by Crippen LogP contribution is -2.09. The van der Waals surface area contributed by atoms with E-state index in [0.29, 0.717) is 0 Å². The van der Waals surface area contributed by atoms with Gasteiger partial charge in [0.1, 0.15) is 0 Å². The number of hydrogen-bond acceptors (Lipinski definition) is 1. The molecule has 0 radical (unpaired) electrons. The molecule has 0 amide bonds. The van der Waals surface area contributed by atoms with Crippen LogP contribution in [0.4, 0.5) is 0 Å². The highest BCUT2D eigenvalue weighted by Crippen LogP contribution is 2.31. The van der Waals surface area contributed by atoms with Crippen molar-refractivity contribution >= 4 is 23.1 Å². The minimum Gasteiger partial charge on any atom is -0.248 e. The third kappa shape index (κ3) is 6.42. The Balaban J connectivity index is 1.83. The average Bonchev–Trinajstić information content (AvgIpc) is 2.81. The fourth-order valence-electron chi connectivity index (χ4n) is 3.74. The molecule has 0 saturated heterocycles. The Kier molecular flexibility index (Phi) is 8.02. The zero-order valence-electron chi connectivity index (χ0n) is 20.9. The van der Waals surface area contributed by atoms with E-state index in [1.165, 1.54) is 11.1 Å². The molecule has 0 aliphatic rings. The van der Waals surface area contributed by atoms with Gasteiger partial charge in [0, 0.05) is 11.3 Å². The van der Waals surface area contributed by atoms with Crippen molar-refractivity contribution in [3.05, 3.63) is 138 Å². The first kappa shape index (κ1) is 24.9. The molecule has 0 aliphatic carbocycles. The highest BCUT2D eigenvalue weighted by molar-refractivity contribution is 5.81. The van der Waals surface area contributed by atoms with Gasteiger partial charge in [-0.25, -0.2) is 4.98 Å². The van der Waals surface area contributed by atoms with E-state index in [2.05, 4.69) is 126 Å². The van der Waals surface area contributed by atoms with Gasteiger partial charge in [0.05, 0.1) is 11.2 Å². The summed E-state index contributed by atoms with van der Waals surface area (Å²) in [6, 6.07) is 19.1. The fraction of sp³-hybridized carbons (Fsp3) is 0.182. The van der Waals surface area contributed by atoms with Crippen LogP contribution >= 0.6 is 0 Å². The van der Waals surface area contributed by atoms with Crippen LogP contribution in [0.15, 0.2) is 116 Å². The molecule has 0 fully saturated rings. The molecule has 172 valence electrons. The summed E-state index contributed by atoms with van der Waals surface area (Å²) >= 11 is 0. The summed E-state index contributed by atoms with van der Waals surface area (Å²) < 4.78 is 0. The molecular weight excluding hydrogens is 410 g/mol. The van der Waals surface area contributed by atoms with Crippen LogP contribution in [0.3, 0.4) is 0 Å². The number of aromatic nitrogens is 1. The molecule has 1 unspecified atom stereocenters. The maximum Gasteiger partial charge on any atom is 0.0711 e. The molecule has 1 atom stereocenters. The largest absolute Gasteiger partial charge is 0.248 e. The molecular formula is C33H35N. The topological polar surface area (TPSA) is 12.9 Å². The van der Waals surface area contributed by atoms with E-state index >= 15 is 0 Å². The molecule has 3 rings (SSSR count). The van der Waals surface area contributed by atoms with Crippen molar-refractivity contribution in [2.45, 2.75) is 33.6 Å². The van der Waals surface area contributed by atoms with Crippen LogP contribution in [-0.4, -0.2) is 4.98 Å². The van der Waals surface area contributed by atoms with Crippen LogP contribution in [0.25, 0.3) is 23.1 Å². The van der Waals surface area contributed by atoms with Gasteiger partial charge >= 0.3 is 0 Å². The molecule has 3 aromatic rings. The molecule has 0 N–H and O–H groups in total. The first-order valence-electron chi connectivity index (χ1n) is 11.7. The van der Waals surface area contributed by atoms with Crippen LogP contribution in [-0.2, 0) is 0 Å². The van der Waals surface area contributed by atoms with Gasteiger partial charge in [-0.2, -0.15) is 0 Å². The van der Waals surface area contributed by atoms with E-state index < -0.39 is 0 Å². The van der Waals surface area contributed by atoms with Gasteiger partial charge in [0.15, 0.2) is 0 Å². The molecule has 1 nitrogen and oxygen atoms in total. The first-order chi connectivity index (χ1) is 16.2. The van der Waals surface area contributed by atoms with Crippen LogP contribution in [0.5, 0.6) is 0 Å². The molecule has 0 spiro atoms. The molecule has 0 aliphatic heterocycles. The van der Waals surface area contributed by atoms with Gasteiger partial charge in [-0.1, -0.05) is 113 Å². The van der Waals surface area contributed by atoms with Crippen LogP contribution in [0.2, 0.25) is 0 Å². The Bertz CT molecular complexity index is 1290. The summed E-state index contributed by atoms with van der Waals surface area (Å²) in [6.07, 6.45) is 14.3. The quantitative estimate of drug-likeness (QED) is 0.249. The van der Waals surface area contributed by atoms with Crippen molar-refractivity contribution in [1.29, 1.82) is 0 Å². The summed E-state index contributed by atoms with van der Waals surface area (Å²) in [5, 5.41) is 1.16. The molecule has 0 saturated carbocycles. The van der Waals surface area contributed by atoms with Gasteiger partial charge in [-0.05, 0) is 58.4 Å². The van der Waals surface area contributed by atoms with Crippen molar-refractivity contribution in [1.82, 2.24) is 4.98 Å². The lowest BCUT2D eigenvalue weighted by atomic mass is 9.82. The second-order valence-electron chi connectivity index (χ2n) is 9.64. The Morgan fingerprint density at radius 1 is 0.971 bits per heavy atom. The Hall–Kier alpha value is -3.71. The lowest BCUT2D eigenvalue weighted by molar-refractivity contribution is 0.514. The van der Waals surface area contributed by atoms with E-state index in [0.717, 1.165) is 33.3 Å². The van der Waals surface area contributed by atoms with Gasteiger partial charge in [0.25, 0.3) is 0 Å². The predicted octanol–water partition coefficient (Wildman–Crippen LogP) is 9.25. The molecule has 0 bridgehead atoms. The molecule has 1 heteroatoms. The predicted molar refractivity (Wildman–Crippen MR) is 151 cm³/mol. The Labute approximate surface area is 205 Å². The number of nitrogens with zero attached hydrogens (tertiary/aromatic N) is 1. The van der Waals surface area contributed by atoms with Crippen molar-refractivity contribution in [3.8, 4) is 0 Å². The summed E-state index contributed by atoms with van der Waals surface area (Å²) in [5.41, 5.74) is 7.67. The molecule has 1 heterocycles. The summed E-state index contributed by atoms with van der Waals surface area (Å²) in [7, 11) is 0. The normalized spacial score (nSPS) is 13.5. The minimum absolute atomic E-state index is 0.0108. The third-order valence-electron chi connectivity index (χ3n) is 5.90. The molecule has 2 aromatic carbocycles. The van der Waals surface area contributed by atoms with Gasteiger partial charge in [-0.3, -0.25) is 0 Å². The maximum absolute atomic E-state index is 4.79. The second kappa shape index (κ2) is 10.9. The highest BCUT2D eigenvalue weighted by Gasteiger charge is 2.17. The monoisotopic (exact) mass is 445 g/mol. The standard InChI is InChI=1S/C33H35N/c1-8-11-28(25(4)33(5,6)7)18-17-27(9-2)30-13-10-12-26(23-30)15-20-31-21-19-29-16-14-24(3)22-32(29)34-31/h8-23,27H,1-2,4H2,3,5-7H3/b18-17+,20-15+,28-11-. The smallest absolute Gasteiger partial charge is 0.0711 e. The van der Waals surface area contributed by atoms with Crippen LogP contribution in [0, 0.1) is 12.3 Å². The minimum atomic E-state index is -0.0108. The number of fused-ring (bicyclic) bond motifs is 1. The summed E-state index contributed by atoms with van der Waals surface area (Å²) in [6.45, 7) is 20.9. The van der Waals surface area contributed by atoms with Crippen LogP contribution in [0.1, 0.15) is 49.1 Å². The average molecular weight is 446 g/mol. The summed E-state index contributed by atoms with van der Waals surface area (Å²) in [4.78, 5) is 4.79. The van der Waals surface area contributed by atoms with Crippen LogP contribution < -0.4 is 0 Å². The SMILES string of the molecule is C=C/C=C(/C=C/C(C=C)c1cccc(/C=C/c2ccc3ccc(C)cc3n2)c1)C(=C)C(C)(C)C. The number of pyridine rings is 1. The van der Waals surface area contributed by atoms with Gasteiger partial charge in [-0.15, -0.1) is 6.58 Å². The van der Waals surface area contributed by atoms with E-state index in [9.17, 15) is 0 Å². The van der Waals surface area contributed by atoms with Crippen molar-refractivity contribution in [2.24, 2.45) is 5.41 Å². The van der Waals surface area contributed by atoms with Crippen molar-refractivity contribution < 1.29 is 0 Å². The number of rotatable bonds is 8. The van der Waals surface area contributed by atoms with Gasteiger partial charge in [0.2, 0.25) is 0 Å². The number of allylic oxidation sites excluding steroid dienone is 7. The molecule has 34 heavy (non-hydrogen) atoms. The van der Waals surface area contributed by atoms with Crippen molar-refractivity contribution in [2.75, 3.05) is 0 Å². The Morgan fingerprint density at radius 2 is 1.74 bits per heavy atom. The zero-order valence-corrected chi connectivity index (χ0v) is 20.9. The van der Waals surface area contributed by atoms with E-state index in [-0.39, 0.29) is 11.3 Å². The van der Waals surface area contributed by atoms with E-state index in [1.807, 2.05) is 18.2 Å². The highest BCUT2D eigenvalue weighted by atomic mass is 14.7. The first-order valence-corrected chi connectivity index (χ1v) is 11.7. The maximum atomic E-state index is 4.79. The third-order valence-corrected chi connectivity index (χ3v) is 5.90. The van der Waals surface area contributed by atoms with E-state index in [4.69, 9.17) is 4.98 Å².